The van der Waals surface area contributed by atoms with Crippen LogP contribution in [0.2, 0.25) is 0 Å². The summed E-state index contributed by atoms with van der Waals surface area (Å²) >= 11 is 0. The fourth-order valence-electron chi connectivity index (χ4n) is 1.79. The fourth-order valence-corrected chi connectivity index (χ4v) is 1.79. The summed E-state index contributed by atoms with van der Waals surface area (Å²) < 4.78 is 14.5. The minimum Gasteiger partial charge on any atom is -0.387 e. The summed E-state index contributed by atoms with van der Waals surface area (Å²) in [5.41, 5.74) is 0.392. The fraction of sp³-hybridized carbons (Fsp3) is 0.333. The lowest BCUT2D eigenvalue weighted by molar-refractivity contribution is -0.385. The first kappa shape index (κ1) is 14.1. The molecule has 1 aromatic carbocycles. The third-order valence-corrected chi connectivity index (χ3v) is 2.86. The minimum absolute atomic E-state index is 0.0114. The molecule has 7 nitrogen and oxygen atoms in total. The van der Waals surface area contributed by atoms with Crippen LogP contribution >= 0.6 is 0 Å². The molecule has 2 rings (SSSR count). The number of nitrogens with zero attached hydrogens (tertiary/aromatic N) is 4. The number of halogens is 1. The Morgan fingerprint density at radius 1 is 1.55 bits per heavy atom. The van der Waals surface area contributed by atoms with Gasteiger partial charge in [-0.1, -0.05) is 12.1 Å². The molecule has 1 aromatic heterocycles. The quantitative estimate of drug-likeness (QED) is 0.666. The molecule has 1 unspecified atom stereocenters. The van der Waals surface area contributed by atoms with Gasteiger partial charge >= 0.3 is 0 Å². The van der Waals surface area contributed by atoms with E-state index in [0.29, 0.717) is 12.1 Å². The summed E-state index contributed by atoms with van der Waals surface area (Å²) in [6.45, 7) is 1.80. The Balaban J connectivity index is 2.27. The summed E-state index contributed by atoms with van der Waals surface area (Å²) in [5.74, 6) is -0.556. The molecule has 0 aliphatic heterocycles. The first-order valence-electron chi connectivity index (χ1n) is 6.02. The summed E-state index contributed by atoms with van der Waals surface area (Å²) in [4.78, 5) is 10.3. The molecule has 106 valence electrons. The average Bonchev–Trinajstić information content (AvgIpc) is 2.86. The van der Waals surface area contributed by atoms with Crippen molar-refractivity contribution in [3.63, 3.8) is 0 Å². The molecule has 0 amide bonds. The molecule has 0 radical (unpaired) electrons. The van der Waals surface area contributed by atoms with Crippen LogP contribution in [0.1, 0.15) is 30.7 Å². The van der Waals surface area contributed by atoms with Gasteiger partial charge in [-0.2, -0.15) is 0 Å². The highest BCUT2D eigenvalue weighted by Gasteiger charge is 2.16. The smallest absolute Gasteiger partial charge is 0.274 e. The van der Waals surface area contributed by atoms with Gasteiger partial charge in [0.1, 0.15) is 11.5 Å². The molecule has 1 atom stereocenters. The summed E-state index contributed by atoms with van der Waals surface area (Å²) in [5, 5.41) is 28.0. The Hall–Kier alpha value is -2.35. The van der Waals surface area contributed by atoms with Crippen molar-refractivity contribution >= 4 is 5.69 Å². The second kappa shape index (κ2) is 5.74. The van der Waals surface area contributed by atoms with Crippen LogP contribution in [-0.4, -0.2) is 25.0 Å². The highest BCUT2D eigenvalue weighted by molar-refractivity contribution is 5.40. The maximum atomic E-state index is 13.2. The lowest BCUT2D eigenvalue weighted by atomic mass is 10.1. The summed E-state index contributed by atoms with van der Waals surface area (Å²) in [6, 6.07) is 3.24. The molecule has 2 aromatic rings. The van der Waals surface area contributed by atoms with E-state index >= 15 is 0 Å². The van der Waals surface area contributed by atoms with Crippen LogP contribution in [0.25, 0.3) is 0 Å². The van der Waals surface area contributed by atoms with Crippen molar-refractivity contribution in [1.82, 2.24) is 15.0 Å². The van der Waals surface area contributed by atoms with Gasteiger partial charge in [-0.25, -0.2) is 9.07 Å². The van der Waals surface area contributed by atoms with Gasteiger partial charge in [-0.05, 0) is 18.6 Å². The first-order chi connectivity index (χ1) is 9.51. The van der Waals surface area contributed by atoms with E-state index in [0.717, 1.165) is 18.2 Å². The van der Waals surface area contributed by atoms with Crippen LogP contribution in [0, 0.1) is 15.9 Å². The normalized spacial score (nSPS) is 12.3. The van der Waals surface area contributed by atoms with E-state index in [2.05, 4.69) is 10.3 Å². The minimum atomic E-state index is -0.730. The molecular weight excluding hydrogens is 267 g/mol. The largest absolute Gasteiger partial charge is 0.387 e. The molecule has 0 spiro atoms. The van der Waals surface area contributed by atoms with Gasteiger partial charge < -0.3 is 5.11 Å². The highest BCUT2D eigenvalue weighted by atomic mass is 19.1. The lowest BCUT2D eigenvalue weighted by Crippen LogP contribution is -2.04. The van der Waals surface area contributed by atoms with Crippen LogP contribution < -0.4 is 0 Å². The van der Waals surface area contributed by atoms with Crippen LogP contribution in [0.3, 0.4) is 0 Å². The Kier molecular flexibility index (Phi) is 4.04. The van der Waals surface area contributed by atoms with E-state index in [-0.39, 0.29) is 17.8 Å². The number of nitro groups is 1. The average molecular weight is 280 g/mol. The summed E-state index contributed by atoms with van der Waals surface area (Å²) in [7, 11) is 0. The van der Waals surface area contributed by atoms with Crippen molar-refractivity contribution in [3.05, 3.63) is 51.6 Å². The number of rotatable bonds is 5. The molecule has 8 heteroatoms. The zero-order valence-electron chi connectivity index (χ0n) is 10.7. The number of aromatic nitrogens is 3. The number of nitro benzene ring substituents is 1. The van der Waals surface area contributed by atoms with E-state index in [4.69, 9.17) is 0 Å². The standard InChI is InChI=1S/C12H13FN4O3/c1-2-12(18)10-7-16(15-14-10)6-8-5-9(13)3-4-11(8)17(19)20/h3-5,7,12,18H,2,6H2,1H3. The summed E-state index contributed by atoms with van der Waals surface area (Å²) in [6.07, 6.45) is 1.24. The third kappa shape index (κ3) is 2.97. The maximum absolute atomic E-state index is 13.2. The molecule has 1 heterocycles. The molecule has 0 saturated carbocycles. The number of hydrogen-bond donors (Lipinski definition) is 1. The second-order valence-electron chi connectivity index (χ2n) is 4.30. The zero-order valence-corrected chi connectivity index (χ0v) is 10.7. The lowest BCUT2D eigenvalue weighted by Gasteiger charge is -2.03. The topological polar surface area (TPSA) is 94.1 Å². The second-order valence-corrected chi connectivity index (χ2v) is 4.30. The first-order valence-corrected chi connectivity index (χ1v) is 6.02. The van der Waals surface area contributed by atoms with Crippen molar-refractivity contribution in [2.24, 2.45) is 0 Å². The Bertz CT molecular complexity index is 629. The molecule has 0 aliphatic carbocycles. The van der Waals surface area contributed by atoms with Crippen molar-refractivity contribution in [2.45, 2.75) is 26.0 Å². The van der Waals surface area contributed by atoms with Gasteiger partial charge in [0.2, 0.25) is 0 Å². The molecule has 0 saturated heterocycles. The SMILES string of the molecule is CCC(O)c1cn(Cc2cc(F)ccc2[N+](=O)[O-])nn1. The predicted molar refractivity (Wildman–Crippen MR) is 67.4 cm³/mol. The molecule has 0 bridgehead atoms. The Labute approximate surface area is 113 Å². The third-order valence-electron chi connectivity index (χ3n) is 2.86. The van der Waals surface area contributed by atoms with Crippen LogP contribution in [0.15, 0.2) is 24.4 Å². The molecule has 1 N–H and O–H groups in total. The van der Waals surface area contributed by atoms with E-state index < -0.39 is 16.8 Å². The number of aliphatic hydroxyl groups is 1. The van der Waals surface area contributed by atoms with E-state index in [1.165, 1.54) is 10.9 Å². The highest BCUT2D eigenvalue weighted by Crippen LogP contribution is 2.21. The van der Waals surface area contributed by atoms with Gasteiger partial charge in [-0.3, -0.25) is 10.1 Å². The van der Waals surface area contributed by atoms with Crippen molar-refractivity contribution in [1.29, 1.82) is 0 Å². The zero-order chi connectivity index (χ0) is 14.7. The Morgan fingerprint density at radius 3 is 2.95 bits per heavy atom. The number of hydrogen-bond acceptors (Lipinski definition) is 5. The van der Waals surface area contributed by atoms with Gasteiger partial charge in [-0.15, -0.1) is 5.10 Å². The van der Waals surface area contributed by atoms with Crippen molar-refractivity contribution in [2.75, 3.05) is 0 Å². The molecule has 0 fully saturated rings. The van der Waals surface area contributed by atoms with E-state index in [1.54, 1.807) is 6.92 Å². The number of benzene rings is 1. The maximum Gasteiger partial charge on any atom is 0.274 e. The number of aliphatic hydroxyl groups excluding tert-OH is 1. The monoisotopic (exact) mass is 280 g/mol. The molecule has 0 aliphatic rings. The van der Waals surface area contributed by atoms with Crippen LogP contribution in [0.4, 0.5) is 10.1 Å². The van der Waals surface area contributed by atoms with Gasteiger partial charge in [0.25, 0.3) is 5.69 Å². The van der Waals surface area contributed by atoms with Gasteiger partial charge in [0.05, 0.1) is 29.3 Å². The van der Waals surface area contributed by atoms with Crippen LogP contribution in [-0.2, 0) is 6.54 Å². The molecule has 20 heavy (non-hydrogen) atoms. The van der Waals surface area contributed by atoms with Crippen molar-refractivity contribution in [3.8, 4) is 0 Å². The molecular formula is C12H13FN4O3. The van der Waals surface area contributed by atoms with Gasteiger partial charge in [0.15, 0.2) is 0 Å². The van der Waals surface area contributed by atoms with E-state index in [9.17, 15) is 19.6 Å². The predicted octanol–water partition coefficient (Wildman–Crippen LogP) is 1.82. The van der Waals surface area contributed by atoms with Crippen molar-refractivity contribution < 1.29 is 14.4 Å². The van der Waals surface area contributed by atoms with Crippen LogP contribution in [0.5, 0.6) is 0 Å². The Morgan fingerprint density at radius 2 is 2.30 bits per heavy atom. The van der Waals surface area contributed by atoms with Gasteiger partial charge in [0, 0.05) is 6.07 Å². The van der Waals surface area contributed by atoms with E-state index in [1.807, 2.05) is 0 Å².